The number of alkyl halides is 3. The van der Waals surface area contributed by atoms with E-state index in [0.29, 0.717) is 0 Å². The molecule has 1 fully saturated rings. The summed E-state index contributed by atoms with van der Waals surface area (Å²) in [6, 6.07) is 3.39. The minimum atomic E-state index is -4.66. The van der Waals surface area contributed by atoms with E-state index in [1.807, 2.05) is 0 Å². The highest BCUT2D eigenvalue weighted by Crippen LogP contribution is 2.38. The van der Waals surface area contributed by atoms with Crippen molar-refractivity contribution in [3.63, 3.8) is 0 Å². The van der Waals surface area contributed by atoms with Gasteiger partial charge in [-0.15, -0.1) is 0 Å². The summed E-state index contributed by atoms with van der Waals surface area (Å²) in [6.07, 6.45) is -4.81. The van der Waals surface area contributed by atoms with E-state index >= 15 is 0 Å². The van der Waals surface area contributed by atoms with E-state index in [9.17, 15) is 22.8 Å². The zero-order valence-electron chi connectivity index (χ0n) is 21.2. The molecule has 3 heterocycles. The fraction of sp³-hybridized carbons (Fsp3) is 0.440. The van der Waals surface area contributed by atoms with E-state index in [2.05, 4.69) is 9.97 Å². The van der Waals surface area contributed by atoms with Crippen molar-refractivity contribution in [1.29, 1.82) is 0 Å². The topological polar surface area (TPSA) is 130 Å². The van der Waals surface area contributed by atoms with Gasteiger partial charge in [0.05, 0.1) is 25.9 Å². The molecule has 0 unspecified atom stereocenters. The number of oxazole rings is 1. The Balaban J connectivity index is 1.81. The number of aromatic nitrogens is 2. The molecule has 4 rings (SSSR count). The van der Waals surface area contributed by atoms with Crippen LogP contribution in [0.5, 0.6) is 5.75 Å². The first kappa shape index (κ1) is 27.3. The number of hydrogen-bond acceptors (Lipinski definition) is 9. The summed E-state index contributed by atoms with van der Waals surface area (Å²) in [6.45, 7) is 3.52. The van der Waals surface area contributed by atoms with Crippen LogP contribution in [0.15, 0.2) is 28.7 Å². The van der Waals surface area contributed by atoms with E-state index in [-0.39, 0.29) is 59.1 Å². The SMILES string of the molecule is CCOC(=O)[C@@H]1C[C@@H](OC)CN1C(=O)c1nc(-c2ccc(OC)c3nc(C(F)(F)F)ccc23)oc1[C@H](C)N. The van der Waals surface area contributed by atoms with Crippen LogP contribution in [0.25, 0.3) is 22.4 Å². The maximum Gasteiger partial charge on any atom is 0.433 e. The Hall–Kier alpha value is -3.71. The first-order chi connectivity index (χ1) is 18.0. The van der Waals surface area contributed by atoms with Crippen LogP contribution >= 0.6 is 0 Å². The second kappa shape index (κ2) is 10.6. The van der Waals surface area contributed by atoms with Crippen molar-refractivity contribution in [2.45, 2.75) is 44.6 Å². The molecule has 3 aromatic rings. The summed E-state index contributed by atoms with van der Waals surface area (Å²) in [5.41, 5.74) is 5.10. The monoisotopic (exact) mass is 536 g/mol. The summed E-state index contributed by atoms with van der Waals surface area (Å²) in [7, 11) is 2.80. The molecule has 2 aromatic heterocycles. The van der Waals surface area contributed by atoms with Crippen molar-refractivity contribution >= 4 is 22.8 Å². The summed E-state index contributed by atoms with van der Waals surface area (Å²) < 4.78 is 61.6. The van der Waals surface area contributed by atoms with Crippen molar-refractivity contribution < 1.29 is 41.4 Å². The minimum absolute atomic E-state index is 0.0509. The van der Waals surface area contributed by atoms with Crippen molar-refractivity contribution in [3.8, 4) is 17.2 Å². The number of hydrogen-bond donors (Lipinski definition) is 1. The number of amides is 1. The summed E-state index contributed by atoms with van der Waals surface area (Å²) in [5.74, 6) is -1.06. The molecule has 3 atom stereocenters. The van der Waals surface area contributed by atoms with Gasteiger partial charge in [0.25, 0.3) is 5.91 Å². The van der Waals surface area contributed by atoms with Gasteiger partial charge in [0.15, 0.2) is 11.5 Å². The summed E-state index contributed by atoms with van der Waals surface area (Å²) >= 11 is 0. The van der Waals surface area contributed by atoms with Crippen LogP contribution in [-0.2, 0) is 20.4 Å². The van der Waals surface area contributed by atoms with Gasteiger partial charge in [0.2, 0.25) is 5.89 Å². The molecule has 204 valence electrons. The Labute approximate surface area is 215 Å². The average Bonchev–Trinajstić information content (AvgIpc) is 3.52. The molecule has 2 N–H and O–H groups in total. The van der Waals surface area contributed by atoms with Gasteiger partial charge in [-0.05, 0) is 38.1 Å². The number of nitrogens with two attached hydrogens (primary N) is 1. The molecule has 10 nitrogen and oxygen atoms in total. The maximum absolute atomic E-state index is 13.6. The fourth-order valence-corrected chi connectivity index (χ4v) is 4.40. The van der Waals surface area contributed by atoms with E-state index in [1.54, 1.807) is 19.9 Å². The lowest BCUT2D eigenvalue weighted by atomic mass is 10.1. The number of likely N-dealkylation sites (tertiary alicyclic amines) is 1. The lowest BCUT2D eigenvalue weighted by Crippen LogP contribution is -2.42. The quantitative estimate of drug-likeness (QED) is 0.449. The third-order valence-electron chi connectivity index (χ3n) is 6.25. The summed E-state index contributed by atoms with van der Waals surface area (Å²) in [5, 5.41) is 0.263. The van der Waals surface area contributed by atoms with Crippen LogP contribution in [0.4, 0.5) is 13.2 Å². The first-order valence-corrected chi connectivity index (χ1v) is 11.8. The molecule has 0 saturated carbocycles. The number of ether oxygens (including phenoxy) is 3. The van der Waals surface area contributed by atoms with Gasteiger partial charge in [0, 0.05) is 31.0 Å². The predicted molar refractivity (Wildman–Crippen MR) is 128 cm³/mol. The maximum atomic E-state index is 13.6. The lowest BCUT2D eigenvalue weighted by Gasteiger charge is -2.22. The van der Waals surface area contributed by atoms with Gasteiger partial charge >= 0.3 is 12.1 Å². The molecule has 1 aromatic carbocycles. The van der Waals surface area contributed by atoms with Crippen molar-refractivity contribution in [1.82, 2.24) is 14.9 Å². The number of benzene rings is 1. The average molecular weight is 537 g/mol. The molecule has 1 saturated heterocycles. The zero-order valence-corrected chi connectivity index (χ0v) is 21.2. The third kappa shape index (κ3) is 5.03. The van der Waals surface area contributed by atoms with E-state index in [1.165, 1.54) is 31.3 Å². The third-order valence-corrected chi connectivity index (χ3v) is 6.25. The van der Waals surface area contributed by atoms with Crippen LogP contribution in [0.2, 0.25) is 0 Å². The Morgan fingerprint density at radius 3 is 2.55 bits per heavy atom. The smallest absolute Gasteiger partial charge is 0.433 e. The molecule has 1 amide bonds. The molecule has 0 spiro atoms. The number of carbonyl (C=O) groups excluding carboxylic acids is 2. The van der Waals surface area contributed by atoms with E-state index < -0.39 is 41.9 Å². The van der Waals surface area contributed by atoms with Crippen molar-refractivity contribution in [3.05, 3.63) is 41.4 Å². The Kier molecular flexibility index (Phi) is 7.61. The number of esters is 1. The first-order valence-electron chi connectivity index (χ1n) is 11.8. The highest BCUT2D eigenvalue weighted by atomic mass is 19.4. The normalized spacial score (nSPS) is 18.6. The largest absolute Gasteiger partial charge is 0.494 e. The standard InChI is InChI=1S/C25H27F3N4O6/c1-5-37-24(34)16-10-13(35-3)11-32(16)23(33)20-21(12(2)29)38-22(31-20)15-6-8-17(36-4)19-14(15)7-9-18(30-19)25(26,27)28/h6-9,12-13,16H,5,10-11,29H2,1-4H3/t12-,13+,16-/m0/s1. The van der Waals surface area contributed by atoms with Gasteiger partial charge in [-0.25, -0.2) is 14.8 Å². The number of nitrogens with zero attached hydrogens (tertiary/aromatic N) is 3. The van der Waals surface area contributed by atoms with Gasteiger partial charge < -0.3 is 29.3 Å². The molecule has 1 aliphatic rings. The van der Waals surface area contributed by atoms with Gasteiger partial charge in [-0.3, -0.25) is 4.79 Å². The molecule has 0 radical (unpaired) electrons. The van der Waals surface area contributed by atoms with Crippen LogP contribution < -0.4 is 10.5 Å². The zero-order chi connectivity index (χ0) is 27.8. The van der Waals surface area contributed by atoms with Crippen molar-refractivity contribution in [2.24, 2.45) is 5.73 Å². The minimum Gasteiger partial charge on any atom is -0.494 e. The molecular weight excluding hydrogens is 509 g/mol. The molecule has 1 aliphatic heterocycles. The highest BCUT2D eigenvalue weighted by molar-refractivity contribution is 5.99. The van der Waals surface area contributed by atoms with Gasteiger partial charge in [0.1, 0.15) is 23.0 Å². The lowest BCUT2D eigenvalue weighted by molar-refractivity contribution is -0.147. The number of halogens is 3. The molecule has 38 heavy (non-hydrogen) atoms. The number of rotatable bonds is 7. The van der Waals surface area contributed by atoms with Gasteiger partial charge in [-0.1, -0.05) is 0 Å². The second-order valence-electron chi connectivity index (χ2n) is 8.75. The Morgan fingerprint density at radius 2 is 1.95 bits per heavy atom. The number of methoxy groups -OCH3 is 2. The molecule has 0 aliphatic carbocycles. The second-order valence-corrected chi connectivity index (χ2v) is 8.75. The Morgan fingerprint density at radius 1 is 1.21 bits per heavy atom. The Bertz CT molecular complexity index is 1360. The summed E-state index contributed by atoms with van der Waals surface area (Å²) in [4.78, 5) is 35.7. The van der Waals surface area contributed by atoms with Crippen LogP contribution in [0, 0.1) is 0 Å². The number of pyridine rings is 1. The van der Waals surface area contributed by atoms with E-state index in [0.717, 1.165) is 6.07 Å². The predicted octanol–water partition coefficient (Wildman–Crippen LogP) is 3.73. The van der Waals surface area contributed by atoms with E-state index in [4.69, 9.17) is 24.4 Å². The van der Waals surface area contributed by atoms with Gasteiger partial charge in [-0.2, -0.15) is 13.2 Å². The fourth-order valence-electron chi connectivity index (χ4n) is 4.40. The highest BCUT2D eigenvalue weighted by Gasteiger charge is 2.43. The van der Waals surface area contributed by atoms with Crippen LogP contribution in [-0.4, -0.2) is 66.3 Å². The van der Waals surface area contributed by atoms with Crippen molar-refractivity contribution in [2.75, 3.05) is 27.4 Å². The number of carbonyl (C=O) groups is 2. The number of fused-ring (bicyclic) bond motifs is 1. The molecule has 0 bridgehead atoms. The molecule has 13 heteroatoms. The molecular formula is C25H27F3N4O6. The van der Waals surface area contributed by atoms with Crippen LogP contribution in [0.3, 0.4) is 0 Å². The van der Waals surface area contributed by atoms with Crippen LogP contribution in [0.1, 0.15) is 48.3 Å².